The lowest BCUT2D eigenvalue weighted by atomic mass is 10.0. The summed E-state index contributed by atoms with van der Waals surface area (Å²) in [5, 5.41) is 12.0. The Balaban J connectivity index is 2.89. The van der Waals surface area contributed by atoms with E-state index in [1.807, 2.05) is 13.8 Å². The zero-order valence-corrected chi connectivity index (χ0v) is 13.0. The van der Waals surface area contributed by atoms with Crippen LogP contribution in [0.1, 0.15) is 20.3 Å². The maximum absolute atomic E-state index is 11.1. The van der Waals surface area contributed by atoms with E-state index in [1.54, 1.807) is 0 Å². The standard InChI is InChI=1S/C10H18ClN5O3S/c1-6(2)4-7(5-17)12-9-13-8(11)14-10(15-9)16-20(3,18)19/h6-7,17H,4-5H2,1-3H3,(H2,12,13,14,15,16)/t7-/m1/s1. The van der Waals surface area contributed by atoms with Gasteiger partial charge in [-0.15, -0.1) is 0 Å². The van der Waals surface area contributed by atoms with E-state index in [2.05, 4.69) is 25.0 Å². The average Bonchev–Trinajstić information content (AvgIpc) is 2.23. The van der Waals surface area contributed by atoms with E-state index in [0.717, 1.165) is 6.26 Å². The molecule has 0 unspecified atom stereocenters. The molecule has 1 atom stereocenters. The van der Waals surface area contributed by atoms with Gasteiger partial charge in [-0.25, -0.2) is 8.42 Å². The lowest BCUT2D eigenvalue weighted by Gasteiger charge is -2.18. The maximum atomic E-state index is 11.1. The topological polar surface area (TPSA) is 117 Å². The Kier molecular flexibility index (Phi) is 5.90. The maximum Gasteiger partial charge on any atom is 0.242 e. The third-order valence-corrected chi connectivity index (χ3v) is 2.92. The first-order valence-corrected chi connectivity index (χ1v) is 8.23. The minimum Gasteiger partial charge on any atom is -0.394 e. The first-order valence-electron chi connectivity index (χ1n) is 5.96. The number of hydrogen-bond acceptors (Lipinski definition) is 7. The molecule has 0 amide bonds. The Morgan fingerprint density at radius 3 is 2.35 bits per heavy atom. The molecule has 0 aliphatic carbocycles. The van der Waals surface area contributed by atoms with Crippen LogP contribution in [0.15, 0.2) is 0 Å². The number of aliphatic hydroxyl groups excluding tert-OH is 1. The zero-order valence-electron chi connectivity index (χ0n) is 11.5. The van der Waals surface area contributed by atoms with Crippen molar-refractivity contribution in [3.63, 3.8) is 0 Å². The summed E-state index contributed by atoms with van der Waals surface area (Å²) in [6, 6.07) is -0.250. The number of sulfonamides is 1. The van der Waals surface area contributed by atoms with E-state index in [4.69, 9.17) is 11.6 Å². The minimum atomic E-state index is -3.50. The summed E-state index contributed by atoms with van der Waals surface area (Å²) >= 11 is 5.71. The van der Waals surface area contributed by atoms with Crippen LogP contribution in [-0.2, 0) is 10.0 Å². The van der Waals surface area contributed by atoms with Crippen LogP contribution < -0.4 is 10.0 Å². The van der Waals surface area contributed by atoms with E-state index in [1.165, 1.54) is 0 Å². The van der Waals surface area contributed by atoms with Crippen molar-refractivity contribution < 1.29 is 13.5 Å². The molecule has 1 heterocycles. The molecule has 0 bridgehead atoms. The van der Waals surface area contributed by atoms with Crippen LogP contribution in [0.4, 0.5) is 11.9 Å². The third-order valence-electron chi connectivity index (χ3n) is 2.19. The Hall–Kier alpha value is -1.19. The predicted molar refractivity (Wildman–Crippen MR) is 77.3 cm³/mol. The molecule has 10 heteroatoms. The number of nitrogens with one attached hydrogen (secondary N) is 2. The van der Waals surface area contributed by atoms with Crippen molar-refractivity contribution in [3.8, 4) is 0 Å². The monoisotopic (exact) mass is 323 g/mol. The average molecular weight is 324 g/mol. The van der Waals surface area contributed by atoms with Crippen LogP contribution in [0, 0.1) is 5.92 Å². The molecule has 3 N–H and O–H groups in total. The fourth-order valence-corrected chi connectivity index (χ4v) is 2.14. The lowest BCUT2D eigenvalue weighted by molar-refractivity contribution is 0.259. The van der Waals surface area contributed by atoms with Gasteiger partial charge >= 0.3 is 0 Å². The Bertz CT molecular complexity index is 552. The molecule has 114 valence electrons. The van der Waals surface area contributed by atoms with E-state index in [9.17, 15) is 13.5 Å². The normalized spacial score (nSPS) is 13.3. The summed E-state index contributed by atoms with van der Waals surface area (Å²) in [6.45, 7) is 3.93. The van der Waals surface area contributed by atoms with Gasteiger partial charge in [0, 0.05) is 0 Å². The molecule has 0 saturated carbocycles. The van der Waals surface area contributed by atoms with Gasteiger partial charge in [0.25, 0.3) is 0 Å². The molecule has 0 saturated heterocycles. The minimum absolute atomic E-state index is 0.101. The van der Waals surface area contributed by atoms with Crippen molar-refractivity contribution in [2.45, 2.75) is 26.3 Å². The van der Waals surface area contributed by atoms with E-state index >= 15 is 0 Å². The number of rotatable bonds is 7. The number of anilines is 2. The predicted octanol–water partition coefficient (Wildman–Crippen LogP) is 0.715. The van der Waals surface area contributed by atoms with Crippen molar-refractivity contribution in [1.82, 2.24) is 15.0 Å². The Morgan fingerprint density at radius 1 is 1.25 bits per heavy atom. The Labute approximate surface area is 123 Å². The van der Waals surface area contributed by atoms with Crippen molar-refractivity contribution in [2.24, 2.45) is 5.92 Å². The number of nitrogens with zero attached hydrogens (tertiary/aromatic N) is 3. The number of aromatic nitrogens is 3. The largest absolute Gasteiger partial charge is 0.394 e. The van der Waals surface area contributed by atoms with E-state index < -0.39 is 10.0 Å². The summed E-state index contributed by atoms with van der Waals surface area (Å²) < 4.78 is 24.4. The highest BCUT2D eigenvalue weighted by molar-refractivity contribution is 7.91. The molecule has 1 aromatic rings. The van der Waals surface area contributed by atoms with Crippen LogP contribution in [0.2, 0.25) is 5.28 Å². The van der Waals surface area contributed by atoms with Gasteiger partial charge in [-0.1, -0.05) is 13.8 Å². The molecule has 0 aromatic carbocycles. The van der Waals surface area contributed by atoms with Crippen LogP contribution >= 0.6 is 11.6 Å². The second-order valence-corrected chi connectivity index (χ2v) is 6.87. The quantitative estimate of drug-likeness (QED) is 0.676. The van der Waals surface area contributed by atoms with Gasteiger partial charge in [0.1, 0.15) is 0 Å². The van der Waals surface area contributed by atoms with Gasteiger partial charge in [0.15, 0.2) is 0 Å². The number of halogens is 1. The molecule has 0 spiro atoms. The number of hydrogen-bond donors (Lipinski definition) is 3. The molecule has 0 aliphatic rings. The fraction of sp³-hybridized carbons (Fsp3) is 0.700. The highest BCUT2D eigenvalue weighted by Gasteiger charge is 2.14. The molecule has 0 aliphatic heterocycles. The molecule has 0 radical (unpaired) electrons. The van der Waals surface area contributed by atoms with Crippen molar-refractivity contribution in [3.05, 3.63) is 5.28 Å². The van der Waals surface area contributed by atoms with E-state index in [-0.39, 0.29) is 29.8 Å². The van der Waals surface area contributed by atoms with Gasteiger partial charge in [0.2, 0.25) is 27.2 Å². The molecule has 1 aromatic heterocycles. The van der Waals surface area contributed by atoms with Gasteiger partial charge in [0.05, 0.1) is 18.9 Å². The van der Waals surface area contributed by atoms with Crippen molar-refractivity contribution in [2.75, 3.05) is 22.9 Å². The first kappa shape index (κ1) is 16.9. The highest BCUT2D eigenvalue weighted by Crippen LogP contribution is 2.13. The Morgan fingerprint density at radius 2 is 1.85 bits per heavy atom. The lowest BCUT2D eigenvalue weighted by Crippen LogP contribution is -2.27. The first-order chi connectivity index (χ1) is 9.19. The summed E-state index contributed by atoms with van der Waals surface area (Å²) in [5.74, 6) is 0.303. The van der Waals surface area contributed by atoms with Crippen LogP contribution in [0.5, 0.6) is 0 Å². The molecule has 1 rings (SSSR count). The van der Waals surface area contributed by atoms with Gasteiger partial charge < -0.3 is 10.4 Å². The summed E-state index contributed by atoms with van der Waals surface area (Å²) in [4.78, 5) is 11.4. The van der Waals surface area contributed by atoms with Crippen LogP contribution in [0.25, 0.3) is 0 Å². The number of aliphatic hydroxyl groups is 1. The SMILES string of the molecule is CC(C)C[C@H](CO)Nc1nc(Cl)nc(NS(C)(=O)=O)n1. The zero-order chi connectivity index (χ0) is 15.3. The fourth-order valence-electron chi connectivity index (χ4n) is 1.56. The molecular formula is C10H18ClN5O3S. The van der Waals surface area contributed by atoms with Crippen LogP contribution in [0.3, 0.4) is 0 Å². The summed E-state index contributed by atoms with van der Waals surface area (Å²) in [5.41, 5.74) is 0. The summed E-state index contributed by atoms with van der Waals surface area (Å²) in [6.07, 6.45) is 1.68. The molecule has 20 heavy (non-hydrogen) atoms. The van der Waals surface area contributed by atoms with Crippen molar-refractivity contribution >= 4 is 33.5 Å². The third kappa shape index (κ3) is 6.31. The van der Waals surface area contributed by atoms with E-state index in [0.29, 0.717) is 12.3 Å². The van der Waals surface area contributed by atoms with Crippen molar-refractivity contribution in [1.29, 1.82) is 0 Å². The smallest absolute Gasteiger partial charge is 0.242 e. The van der Waals surface area contributed by atoms with Gasteiger partial charge in [-0.05, 0) is 23.9 Å². The van der Waals surface area contributed by atoms with Gasteiger partial charge in [-0.2, -0.15) is 15.0 Å². The van der Waals surface area contributed by atoms with Gasteiger partial charge in [-0.3, -0.25) is 4.72 Å². The second kappa shape index (κ2) is 7.00. The summed E-state index contributed by atoms with van der Waals surface area (Å²) in [7, 11) is -3.50. The highest BCUT2D eigenvalue weighted by atomic mass is 35.5. The molecule has 8 nitrogen and oxygen atoms in total. The second-order valence-electron chi connectivity index (χ2n) is 4.78. The molecular weight excluding hydrogens is 306 g/mol. The van der Waals surface area contributed by atoms with Crippen LogP contribution in [-0.4, -0.2) is 47.4 Å². The molecule has 0 fully saturated rings.